The van der Waals surface area contributed by atoms with Crippen LogP contribution in [0.25, 0.3) is 6.08 Å². The van der Waals surface area contributed by atoms with Crippen molar-refractivity contribution in [1.82, 2.24) is 0 Å². The van der Waals surface area contributed by atoms with E-state index in [1.54, 1.807) is 24.3 Å². The first-order chi connectivity index (χ1) is 10.6. The summed E-state index contributed by atoms with van der Waals surface area (Å²) in [6, 6.07) is 4.88. The zero-order chi connectivity index (χ0) is 17.4. The number of carbonyl (C=O) groups is 1. The Morgan fingerprint density at radius 2 is 1.78 bits per heavy atom. The van der Waals surface area contributed by atoms with Gasteiger partial charge in [-0.2, -0.15) is 0 Å². The lowest BCUT2D eigenvalue weighted by molar-refractivity contribution is 0.00578. The molecule has 0 bridgehead atoms. The van der Waals surface area contributed by atoms with Gasteiger partial charge in [0, 0.05) is 0 Å². The lowest BCUT2D eigenvalue weighted by atomic mass is 9.77. The third-order valence-electron chi connectivity index (χ3n) is 4.61. The van der Waals surface area contributed by atoms with Crippen LogP contribution in [0.4, 0.5) is 0 Å². The lowest BCUT2D eigenvalue weighted by Crippen LogP contribution is -2.41. The minimum Gasteiger partial charge on any atom is -0.478 e. The van der Waals surface area contributed by atoms with E-state index in [4.69, 9.17) is 14.4 Å². The van der Waals surface area contributed by atoms with Crippen molar-refractivity contribution in [2.24, 2.45) is 0 Å². The summed E-state index contributed by atoms with van der Waals surface area (Å²) in [7, 11) is -0.655. The predicted molar refractivity (Wildman–Crippen MR) is 89.3 cm³/mol. The second kappa shape index (κ2) is 6.11. The summed E-state index contributed by atoms with van der Waals surface area (Å²) in [5.74, 6) is -0.985. The molecule has 1 aliphatic heterocycles. The number of aliphatic hydroxyl groups excluding tert-OH is 1. The Bertz CT molecular complexity index is 632. The van der Waals surface area contributed by atoms with Gasteiger partial charge in [0.25, 0.3) is 0 Å². The van der Waals surface area contributed by atoms with E-state index in [-0.39, 0.29) is 12.2 Å². The van der Waals surface area contributed by atoms with Crippen LogP contribution in [0.3, 0.4) is 0 Å². The molecule has 2 N–H and O–H groups in total. The molecule has 0 unspecified atom stereocenters. The van der Waals surface area contributed by atoms with E-state index in [1.807, 2.05) is 34.6 Å². The molecule has 6 heteroatoms. The predicted octanol–water partition coefficient (Wildman–Crippen LogP) is 2.70. The Balaban J connectivity index is 2.37. The van der Waals surface area contributed by atoms with Gasteiger partial charge in [-0.25, -0.2) is 4.79 Å². The zero-order valence-corrected chi connectivity index (χ0v) is 14.2. The highest BCUT2D eigenvalue weighted by Gasteiger charge is 2.52. The molecule has 1 heterocycles. The first-order valence-corrected chi connectivity index (χ1v) is 7.58. The summed E-state index contributed by atoms with van der Waals surface area (Å²) in [6.45, 7) is 9.43. The average molecular weight is 318 g/mol. The molecule has 1 saturated heterocycles. The fraction of sp³-hybridized carbons (Fsp3) is 0.471. The molecule has 0 aromatic heterocycles. The number of carboxylic acids is 1. The van der Waals surface area contributed by atoms with Crippen LogP contribution in [0.5, 0.6) is 0 Å². The number of rotatable bonds is 4. The van der Waals surface area contributed by atoms with Crippen LogP contribution in [0, 0.1) is 6.92 Å². The van der Waals surface area contributed by atoms with Crippen LogP contribution in [0.15, 0.2) is 23.7 Å². The summed E-state index contributed by atoms with van der Waals surface area (Å²) in [6.07, 6.45) is 1.74. The Morgan fingerprint density at radius 1 is 1.22 bits per heavy atom. The van der Waals surface area contributed by atoms with Gasteiger partial charge in [0.05, 0.1) is 23.4 Å². The van der Waals surface area contributed by atoms with E-state index in [0.29, 0.717) is 5.47 Å². The number of aromatic carboxylic acids is 1. The molecule has 1 aromatic carbocycles. The van der Waals surface area contributed by atoms with Gasteiger partial charge in [-0.15, -0.1) is 0 Å². The monoisotopic (exact) mass is 318 g/mol. The van der Waals surface area contributed by atoms with Crippen LogP contribution in [-0.4, -0.2) is 41.1 Å². The molecule has 0 amide bonds. The molecule has 124 valence electrons. The van der Waals surface area contributed by atoms with Gasteiger partial charge in [0.15, 0.2) is 0 Å². The molecule has 23 heavy (non-hydrogen) atoms. The second-order valence-electron chi connectivity index (χ2n) is 6.84. The number of aliphatic hydroxyl groups is 1. The molecule has 0 saturated carbocycles. The van der Waals surface area contributed by atoms with Gasteiger partial charge >= 0.3 is 13.1 Å². The van der Waals surface area contributed by atoms with Gasteiger partial charge in [0.1, 0.15) is 0 Å². The average Bonchev–Trinajstić information content (AvgIpc) is 2.66. The molecule has 0 radical (unpaired) electrons. The first kappa shape index (κ1) is 17.7. The molecule has 1 aromatic rings. The van der Waals surface area contributed by atoms with Crippen molar-refractivity contribution in [2.45, 2.75) is 45.8 Å². The summed E-state index contributed by atoms with van der Waals surface area (Å²) in [4.78, 5) is 11.1. The molecule has 0 spiro atoms. The van der Waals surface area contributed by atoms with Crippen molar-refractivity contribution >= 4 is 19.2 Å². The molecule has 2 rings (SSSR count). The van der Waals surface area contributed by atoms with Crippen molar-refractivity contribution < 1.29 is 24.3 Å². The quantitative estimate of drug-likeness (QED) is 0.835. The third kappa shape index (κ3) is 3.49. The molecule has 5 nitrogen and oxygen atoms in total. The van der Waals surface area contributed by atoms with Crippen molar-refractivity contribution in [1.29, 1.82) is 0 Å². The topological polar surface area (TPSA) is 76.0 Å². The normalized spacial score (nSPS) is 19.9. The molecular formula is C17H23BO5. The Hall–Kier alpha value is -1.63. The van der Waals surface area contributed by atoms with Crippen molar-refractivity contribution in [3.63, 3.8) is 0 Å². The number of carboxylic acid groups (broad SMARTS) is 1. The summed E-state index contributed by atoms with van der Waals surface area (Å²) >= 11 is 0. The summed E-state index contributed by atoms with van der Waals surface area (Å²) in [5.41, 5.74) is 1.41. The van der Waals surface area contributed by atoms with Crippen molar-refractivity contribution in [3.8, 4) is 0 Å². The Kier molecular flexibility index (Phi) is 4.71. The standard InChI is InChI=1S/C17H23BO5/c1-11-6-7-12(15(20)21)8-13(11)9-14(10-19)18-22-16(2,3)17(4,5)23-18/h6-9,19H,10H2,1-5H3,(H,20,21). The summed E-state index contributed by atoms with van der Waals surface area (Å²) < 4.78 is 11.9. The van der Waals surface area contributed by atoms with E-state index in [0.717, 1.165) is 11.1 Å². The largest absolute Gasteiger partial charge is 0.492 e. The van der Waals surface area contributed by atoms with E-state index in [1.165, 1.54) is 0 Å². The smallest absolute Gasteiger partial charge is 0.478 e. The summed E-state index contributed by atoms with van der Waals surface area (Å²) in [5, 5.41) is 18.8. The third-order valence-corrected chi connectivity index (χ3v) is 4.61. The van der Waals surface area contributed by atoms with Gasteiger partial charge in [0.2, 0.25) is 0 Å². The van der Waals surface area contributed by atoms with Crippen molar-refractivity contribution in [2.75, 3.05) is 6.61 Å². The highest BCUT2D eigenvalue weighted by atomic mass is 16.7. The molecular weight excluding hydrogens is 295 g/mol. The van der Waals surface area contributed by atoms with Crippen LogP contribution >= 0.6 is 0 Å². The number of hydrogen-bond donors (Lipinski definition) is 2. The van der Waals surface area contributed by atoms with E-state index in [2.05, 4.69) is 0 Å². The SMILES string of the molecule is Cc1ccc(C(=O)O)cc1C=C(CO)B1OC(C)(C)C(C)(C)O1. The Labute approximate surface area is 137 Å². The maximum atomic E-state index is 11.1. The van der Waals surface area contributed by atoms with Gasteiger partial charge < -0.3 is 19.5 Å². The van der Waals surface area contributed by atoms with Crippen LogP contribution < -0.4 is 0 Å². The van der Waals surface area contributed by atoms with Gasteiger partial charge in [-0.05, 0) is 63.4 Å². The minimum atomic E-state index is -0.985. The maximum absolute atomic E-state index is 11.1. The van der Waals surface area contributed by atoms with Crippen LogP contribution in [-0.2, 0) is 9.31 Å². The first-order valence-electron chi connectivity index (χ1n) is 7.58. The fourth-order valence-corrected chi connectivity index (χ4v) is 2.31. The fourth-order valence-electron chi connectivity index (χ4n) is 2.31. The minimum absolute atomic E-state index is 0.202. The van der Waals surface area contributed by atoms with E-state index < -0.39 is 24.3 Å². The number of benzene rings is 1. The molecule has 0 aliphatic carbocycles. The molecule has 0 atom stereocenters. The van der Waals surface area contributed by atoms with Gasteiger partial charge in [-0.1, -0.05) is 12.1 Å². The zero-order valence-electron chi connectivity index (χ0n) is 14.2. The second-order valence-corrected chi connectivity index (χ2v) is 6.84. The van der Waals surface area contributed by atoms with Crippen molar-refractivity contribution in [3.05, 3.63) is 40.4 Å². The Morgan fingerprint density at radius 3 is 2.26 bits per heavy atom. The van der Waals surface area contributed by atoms with E-state index >= 15 is 0 Å². The maximum Gasteiger partial charge on any atom is 0.492 e. The van der Waals surface area contributed by atoms with E-state index in [9.17, 15) is 9.90 Å². The highest BCUT2D eigenvalue weighted by molar-refractivity contribution is 6.55. The van der Waals surface area contributed by atoms with Crippen LogP contribution in [0.2, 0.25) is 0 Å². The number of aryl methyl sites for hydroxylation is 1. The molecule has 1 fully saturated rings. The van der Waals surface area contributed by atoms with Crippen LogP contribution in [0.1, 0.15) is 49.2 Å². The highest BCUT2D eigenvalue weighted by Crippen LogP contribution is 2.38. The number of hydrogen-bond acceptors (Lipinski definition) is 4. The molecule has 1 aliphatic rings. The van der Waals surface area contributed by atoms with Gasteiger partial charge in [-0.3, -0.25) is 0 Å². The lowest BCUT2D eigenvalue weighted by Gasteiger charge is -2.32.